The Morgan fingerprint density at radius 3 is 2.58 bits per heavy atom. The molecule has 0 spiro atoms. The molecule has 0 aliphatic carbocycles. The number of aliphatic hydroxyl groups is 1. The average molecular weight is 256 g/mol. The molecule has 0 radical (unpaired) electrons. The minimum atomic E-state index is -0.670. The van der Waals surface area contributed by atoms with Crippen LogP contribution in [0.15, 0.2) is 47.6 Å². The van der Waals surface area contributed by atoms with Crippen LogP contribution in [0.3, 0.4) is 0 Å². The lowest BCUT2D eigenvalue weighted by Gasteiger charge is -2.05. The van der Waals surface area contributed by atoms with Crippen LogP contribution in [0.2, 0.25) is 0 Å². The minimum Gasteiger partial charge on any atom is -0.387 e. The normalized spacial score (nSPS) is 13.3. The second-order valence-corrected chi connectivity index (χ2v) is 4.43. The summed E-state index contributed by atoms with van der Waals surface area (Å²) >= 11 is 0. The number of fused-ring (bicyclic) bond motifs is 1. The van der Waals surface area contributed by atoms with Crippen molar-refractivity contribution in [3.8, 4) is 0 Å². The fraction of sp³-hybridized carbons (Fsp3) is 0.200. The maximum absolute atomic E-state index is 11.9. The maximum Gasteiger partial charge on any atom is 0.271 e. The van der Waals surface area contributed by atoms with E-state index in [4.69, 9.17) is 0 Å². The standard InChI is InChI=1S/C15H16N2O2/c1-10(11(2)18)16-17-15(19)14-8-7-12-5-3-4-6-13(12)9-14/h3-9,11,18H,1-2H3,(H,17,19)/b16-10+. The van der Waals surface area contributed by atoms with Gasteiger partial charge in [-0.1, -0.05) is 30.3 Å². The minimum absolute atomic E-state index is 0.286. The van der Waals surface area contributed by atoms with E-state index in [1.807, 2.05) is 36.4 Å². The Morgan fingerprint density at radius 1 is 1.21 bits per heavy atom. The molecule has 19 heavy (non-hydrogen) atoms. The predicted octanol–water partition coefficient (Wildman–Crippen LogP) is 2.33. The zero-order valence-electron chi connectivity index (χ0n) is 10.9. The summed E-state index contributed by atoms with van der Waals surface area (Å²) < 4.78 is 0. The first-order valence-corrected chi connectivity index (χ1v) is 6.09. The van der Waals surface area contributed by atoms with Crippen molar-refractivity contribution in [1.82, 2.24) is 5.43 Å². The number of benzene rings is 2. The van der Waals surface area contributed by atoms with Crippen molar-refractivity contribution in [2.45, 2.75) is 20.0 Å². The predicted molar refractivity (Wildman–Crippen MR) is 76.2 cm³/mol. The van der Waals surface area contributed by atoms with Gasteiger partial charge in [0.15, 0.2) is 0 Å². The molecule has 4 heteroatoms. The molecule has 2 N–H and O–H groups in total. The number of hydrogen-bond acceptors (Lipinski definition) is 3. The van der Waals surface area contributed by atoms with Crippen LogP contribution in [-0.4, -0.2) is 22.8 Å². The van der Waals surface area contributed by atoms with Crippen molar-refractivity contribution in [3.05, 3.63) is 48.0 Å². The summed E-state index contributed by atoms with van der Waals surface area (Å²) in [5.74, 6) is -0.286. The van der Waals surface area contributed by atoms with Crippen LogP contribution < -0.4 is 5.43 Å². The third-order valence-electron chi connectivity index (χ3n) is 2.95. The van der Waals surface area contributed by atoms with Gasteiger partial charge in [0.25, 0.3) is 5.91 Å². The lowest BCUT2D eigenvalue weighted by molar-refractivity contribution is 0.0954. The molecule has 0 saturated carbocycles. The van der Waals surface area contributed by atoms with Crippen LogP contribution in [0.4, 0.5) is 0 Å². The number of carbonyl (C=O) groups is 1. The summed E-state index contributed by atoms with van der Waals surface area (Å²) in [6.45, 7) is 3.26. The van der Waals surface area contributed by atoms with E-state index in [1.54, 1.807) is 19.9 Å². The van der Waals surface area contributed by atoms with Crippen molar-refractivity contribution in [1.29, 1.82) is 0 Å². The fourth-order valence-electron chi connectivity index (χ4n) is 1.63. The van der Waals surface area contributed by atoms with E-state index < -0.39 is 6.10 Å². The molecule has 0 heterocycles. The van der Waals surface area contributed by atoms with Gasteiger partial charge in [-0.15, -0.1) is 0 Å². The van der Waals surface area contributed by atoms with E-state index in [2.05, 4.69) is 10.5 Å². The zero-order chi connectivity index (χ0) is 13.8. The third-order valence-corrected chi connectivity index (χ3v) is 2.95. The summed E-state index contributed by atoms with van der Waals surface area (Å²) in [5, 5.41) is 15.2. The molecule has 2 aromatic rings. The molecule has 0 fully saturated rings. The van der Waals surface area contributed by atoms with Gasteiger partial charge in [-0.05, 0) is 36.8 Å². The molecular formula is C15H16N2O2. The highest BCUT2D eigenvalue weighted by molar-refractivity contribution is 5.99. The summed E-state index contributed by atoms with van der Waals surface area (Å²) in [4.78, 5) is 11.9. The van der Waals surface area contributed by atoms with E-state index >= 15 is 0 Å². The highest BCUT2D eigenvalue weighted by Gasteiger charge is 2.06. The first kappa shape index (κ1) is 13.2. The zero-order valence-corrected chi connectivity index (χ0v) is 10.9. The Hall–Kier alpha value is -2.20. The summed E-state index contributed by atoms with van der Waals surface area (Å²) in [6, 6.07) is 13.3. The number of amides is 1. The Bertz CT molecular complexity index is 633. The lowest BCUT2D eigenvalue weighted by atomic mass is 10.1. The molecular weight excluding hydrogens is 240 g/mol. The lowest BCUT2D eigenvalue weighted by Crippen LogP contribution is -2.22. The summed E-state index contributed by atoms with van der Waals surface area (Å²) in [7, 11) is 0. The highest BCUT2D eigenvalue weighted by Crippen LogP contribution is 2.15. The van der Waals surface area contributed by atoms with Gasteiger partial charge in [0.2, 0.25) is 0 Å². The van der Waals surface area contributed by atoms with Gasteiger partial charge >= 0.3 is 0 Å². The molecule has 1 atom stereocenters. The number of carbonyl (C=O) groups excluding carboxylic acids is 1. The van der Waals surface area contributed by atoms with Crippen molar-refractivity contribution in [3.63, 3.8) is 0 Å². The van der Waals surface area contributed by atoms with Gasteiger partial charge in [-0.2, -0.15) is 5.10 Å². The third kappa shape index (κ3) is 3.17. The molecule has 4 nitrogen and oxygen atoms in total. The maximum atomic E-state index is 11.9. The van der Waals surface area contributed by atoms with E-state index in [0.29, 0.717) is 11.3 Å². The molecule has 2 rings (SSSR count). The van der Waals surface area contributed by atoms with Gasteiger partial charge in [0, 0.05) is 5.56 Å². The molecule has 0 aromatic heterocycles. The van der Waals surface area contributed by atoms with Crippen molar-refractivity contribution >= 4 is 22.4 Å². The molecule has 1 amide bonds. The molecule has 0 aliphatic heterocycles. The average Bonchev–Trinajstić information content (AvgIpc) is 2.43. The Kier molecular flexibility index (Phi) is 3.92. The van der Waals surface area contributed by atoms with Crippen molar-refractivity contribution < 1.29 is 9.90 Å². The highest BCUT2D eigenvalue weighted by atomic mass is 16.3. The number of rotatable bonds is 3. The Balaban J connectivity index is 2.20. The van der Waals surface area contributed by atoms with E-state index in [9.17, 15) is 9.90 Å². The first-order valence-electron chi connectivity index (χ1n) is 6.09. The smallest absolute Gasteiger partial charge is 0.271 e. The van der Waals surface area contributed by atoms with Crippen LogP contribution in [0, 0.1) is 0 Å². The van der Waals surface area contributed by atoms with Crippen LogP contribution in [0.25, 0.3) is 10.8 Å². The largest absolute Gasteiger partial charge is 0.387 e. The van der Waals surface area contributed by atoms with Gasteiger partial charge in [-0.25, -0.2) is 5.43 Å². The Morgan fingerprint density at radius 2 is 1.89 bits per heavy atom. The number of nitrogens with one attached hydrogen (secondary N) is 1. The first-order chi connectivity index (χ1) is 9.08. The number of hydrazone groups is 1. The van der Waals surface area contributed by atoms with Crippen LogP contribution in [-0.2, 0) is 0 Å². The van der Waals surface area contributed by atoms with Crippen LogP contribution in [0.5, 0.6) is 0 Å². The molecule has 1 unspecified atom stereocenters. The molecule has 0 saturated heterocycles. The quantitative estimate of drug-likeness (QED) is 0.654. The number of hydrogen-bond donors (Lipinski definition) is 2. The Labute approximate surface area is 111 Å². The monoisotopic (exact) mass is 256 g/mol. The number of aliphatic hydroxyl groups excluding tert-OH is 1. The number of nitrogens with zero attached hydrogens (tertiary/aromatic N) is 1. The van der Waals surface area contributed by atoms with E-state index in [1.165, 1.54) is 0 Å². The molecule has 98 valence electrons. The summed E-state index contributed by atoms with van der Waals surface area (Å²) in [5.41, 5.74) is 3.44. The second-order valence-electron chi connectivity index (χ2n) is 4.43. The van der Waals surface area contributed by atoms with E-state index in [0.717, 1.165) is 10.8 Å². The van der Waals surface area contributed by atoms with Crippen molar-refractivity contribution in [2.75, 3.05) is 0 Å². The fourth-order valence-corrected chi connectivity index (χ4v) is 1.63. The van der Waals surface area contributed by atoms with E-state index in [-0.39, 0.29) is 5.91 Å². The van der Waals surface area contributed by atoms with Gasteiger partial charge < -0.3 is 5.11 Å². The summed E-state index contributed by atoms with van der Waals surface area (Å²) in [6.07, 6.45) is -0.670. The topological polar surface area (TPSA) is 61.7 Å². The van der Waals surface area contributed by atoms with Crippen LogP contribution >= 0.6 is 0 Å². The van der Waals surface area contributed by atoms with Gasteiger partial charge in [0.1, 0.15) is 0 Å². The molecule has 2 aromatic carbocycles. The van der Waals surface area contributed by atoms with Crippen molar-refractivity contribution in [2.24, 2.45) is 5.10 Å². The second kappa shape index (κ2) is 5.63. The van der Waals surface area contributed by atoms with Gasteiger partial charge in [-0.3, -0.25) is 4.79 Å². The van der Waals surface area contributed by atoms with Gasteiger partial charge in [0.05, 0.1) is 11.8 Å². The SMILES string of the molecule is C/C(=N\NC(=O)c1ccc2ccccc2c1)C(C)O. The molecule has 0 aliphatic rings. The van der Waals surface area contributed by atoms with Crippen LogP contribution in [0.1, 0.15) is 24.2 Å². The molecule has 0 bridgehead atoms.